The van der Waals surface area contributed by atoms with E-state index in [0.717, 1.165) is 32.3 Å². The number of thioether (sulfide) groups is 1. The van der Waals surface area contributed by atoms with Gasteiger partial charge in [0.25, 0.3) is 0 Å². The fourth-order valence-corrected chi connectivity index (χ4v) is 7.51. The van der Waals surface area contributed by atoms with E-state index in [2.05, 4.69) is 22.0 Å². The standard InChI is InChI=1S/C35H35N5O4S3/c1-35(2,3)44-34(42)40-18-17-25-26(20-36)32(47-29(25)21-40)39-31(41)30(22-11-6-5-7-12-22)46-24-14-10-13-23(19-24)37-33(45)38-27-15-8-9-16-28(27)43-4/h5-16,19,30H,17-18,21H2,1-4H3,(H,39,41)(H2,37,38,45). The molecule has 0 bridgehead atoms. The quantitative estimate of drug-likeness (QED) is 0.125. The predicted molar refractivity (Wildman–Crippen MR) is 192 cm³/mol. The minimum absolute atomic E-state index is 0.257. The highest BCUT2D eigenvalue weighted by Crippen LogP contribution is 2.41. The molecule has 0 fully saturated rings. The lowest BCUT2D eigenvalue weighted by Gasteiger charge is -2.29. The van der Waals surface area contributed by atoms with Crippen LogP contribution >= 0.6 is 35.3 Å². The summed E-state index contributed by atoms with van der Waals surface area (Å²) < 4.78 is 11.0. The van der Waals surface area contributed by atoms with Crippen LogP contribution in [0.1, 0.15) is 47.6 Å². The smallest absolute Gasteiger partial charge is 0.410 e. The molecule has 12 heteroatoms. The number of benzene rings is 3. The van der Waals surface area contributed by atoms with Crippen LogP contribution in [0.4, 0.5) is 21.2 Å². The first-order valence-corrected chi connectivity index (χ1v) is 17.0. The molecule has 1 unspecified atom stereocenters. The van der Waals surface area contributed by atoms with E-state index in [1.54, 1.807) is 12.0 Å². The van der Waals surface area contributed by atoms with E-state index in [4.69, 9.17) is 21.7 Å². The summed E-state index contributed by atoms with van der Waals surface area (Å²) in [5.41, 5.74) is 3.01. The second-order valence-corrected chi connectivity index (χ2v) is 14.4. The van der Waals surface area contributed by atoms with Crippen molar-refractivity contribution >= 4 is 68.8 Å². The number of hydrogen-bond acceptors (Lipinski definition) is 8. The van der Waals surface area contributed by atoms with Gasteiger partial charge < -0.3 is 30.3 Å². The lowest BCUT2D eigenvalue weighted by molar-refractivity contribution is -0.115. The fraction of sp³-hybridized carbons (Fsp3) is 0.257. The van der Waals surface area contributed by atoms with Gasteiger partial charge in [0, 0.05) is 22.0 Å². The van der Waals surface area contributed by atoms with Gasteiger partial charge in [-0.1, -0.05) is 48.5 Å². The van der Waals surface area contributed by atoms with Gasteiger partial charge in [0.1, 0.15) is 27.7 Å². The number of anilines is 3. The monoisotopic (exact) mass is 685 g/mol. The molecule has 0 saturated heterocycles. The number of carbonyl (C=O) groups is 2. The fourth-order valence-electron chi connectivity index (χ4n) is 4.99. The molecule has 47 heavy (non-hydrogen) atoms. The van der Waals surface area contributed by atoms with E-state index in [-0.39, 0.29) is 5.91 Å². The molecule has 242 valence electrons. The molecule has 4 aromatic rings. The van der Waals surface area contributed by atoms with E-state index in [1.165, 1.54) is 23.1 Å². The molecule has 2 heterocycles. The number of rotatable bonds is 8. The molecule has 1 aliphatic heterocycles. The van der Waals surface area contributed by atoms with Gasteiger partial charge in [-0.25, -0.2) is 4.79 Å². The minimum atomic E-state index is -0.617. The van der Waals surface area contributed by atoms with Crippen molar-refractivity contribution in [1.82, 2.24) is 4.90 Å². The van der Waals surface area contributed by atoms with Crippen LogP contribution in [0.25, 0.3) is 0 Å². The first-order chi connectivity index (χ1) is 22.5. The zero-order valence-electron chi connectivity index (χ0n) is 26.5. The van der Waals surface area contributed by atoms with Gasteiger partial charge in [0.2, 0.25) is 5.91 Å². The third-order valence-corrected chi connectivity index (χ3v) is 9.68. The van der Waals surface area contributed by atoms with Gasteiger partial charge in [-0.05, 0) is 80.9 Å². The van der Waals surface area contributed by atoms with Crippen LogP contribution in [0, 0.1) is 11.3 Å². The van der Waals surface area contributed by atoms with Gasteiger partial charge in [-0.2, -0.15) is 5.26 Å². The highest BCUT2D eigenvalue weighted by atomic mass is 32.2. The Morgan fingerprint density at radius 1 is 1.02 bits per heavy atom. The highest BCUT2D eigenvalue weighted by Gasteiger charge is 2.31. The number of nitrogens with zero attached hydrogens (tertiary/aromatic N) is 2. The largest absolute Gasteiger partial charge is 0.495 e. The molecule has 3 N–H and O–H groups in total. The molecular formula is C35H35N5O4S3. The maximum absolute atomic E-state index is 14.0. The van der Waals surface area contributed by atoms with Crippen LogP contribution in [0.3, 0.4) is 0 Å². The molecule has 0 spiro atoms. The average Bonchev–Trinajstić information content (AvgIpc) is 3.39. The van der Waals surface area contributed by atoms with Crippen molar-refractivity contribution in [2.45, 2.75) is 49.5 Å². The van der Waals surface area contributed by atoms with Crippen LogP contribution in [-0.4, -0.2) is 41.3 Å². The molecule has 0 aliphatic carbocycles. The Labute approximate surface area is 288 Å². The number of methoxy groups -OCH3 is 1. The number of ether oxygens (including phenoxy) is 2. The van der Waals surface area contributed by atoms with Crippen molar-refractivity contribution in [1.29, 1.82) is 5.26 Å². The third kappa shape index (κ3) is 8.62. The second kappa shape index (κ2) is 14.9. The molecule has 5 rings (SSSR count). The molecule has 2 amide bonds. The molecular weight excluding hydrogens is 651 g/mol. The van der Waals surface area contributed by atoms with Crippen LogP contribution in [0.2, 0.25) is 0 Å². The number of nitrogens with one attached hydrogen (secondary N) is 3. The van der Waals surface area contributed by atoms with Crippen LogP contribution in [0.5, 0.6) is 5.75 Å². The second-order valence-electron chi connectivity index (χ2n) is 11.7. The van der Waals surface area contributed by atoms with E-state index in [9.17, 15) is 14.9 Å². The van der Waals surface area contributed by atoms with Gasteiger partial charge in [-0.15, -0.1) is 23.1 Å². The summed E-state index contributed by atoms with van der Waals surface area (Å²) in [5, 5.41) is 19.8. The lowest BCUT2D eigenvalue weighted by atomic mass is 10.0. The summed E-state index contributed by atoms with van der Waals surface area (Å²) in [6.45, 7) is 6.25. The Bertz CT molecular complexity index is 1810. The topological polar surface area (TPSA) is 116 Å². The Hall–Kier alpha value is -4.57. The zero-order valence-corrected chi connectivity index (χ0v) is 28.9. The Morgan fingerprint density at radius 2 is 1.77 bits per heavy atom. The van der Waals surface area contributed by atoms with E-state index in [0.29, 0.717) is 40.9 Å². The number of thiophene rings is 1. The van der Waals surface area contributed by atoms with Gasteiger partial charge in [0.05, 0.1) is 24.9 Å². The Kier molecular flexibility index (Phi) is 10.7. The van der Waals surface area contributed by atoms with Crippen molar-refractivity contribution in [3.8, 4) is 11.8 Å². The van der Waals surface area contributed by atoms with Crippen molar-refractivity contribution in [3.63, 3.8) is 0 Å². The van der Waals surface area contributed by atoms with Gasteiger partial charge in [-0.3, -0.25) is 4.79 Å². The maximum Gasteiger partial charge on any atom is 0.410 e. The minimum Gasteiger partial charge on any atom is -0.495 e. The Balaban J connectivity index is 1.33. The van der Waals surface area contributed by atoms with E-state index in [1.807, 2.05) is 99.6 Å². The van der Waals surface area contributed by atoms with Gasteiger partial charge in [0.15, 0.2) is 5.11 Å². The summed E-state index contributed by atoms with van der Waals surface area (Å²) >= 11 is 8.28. The van der Waals surface area contributed by atoms with Crippen molar-refractivity contribution in [2.75, 3.05) is 29.6 Å². The molecule has 1 aromatic heterocycles. The van der Waals surface area contributed by atoms with E-state index >= 15 is 0 Å². The summed E-state index contributed by atoms with van der Waals surface area (Å²) in [5.74, 6) is 0.413. The maximum atomic E-state index is 14.0. The van der Waals surface area contributed by atoms with Crippen molar-refractivity contribution < 1.29 is 19.1 Å². The predicted octanol–water partition coefficient (Wildman–Crippen LogP) is 8.20. The van der Waals surface area contributed by atoms with Crippen LogP contribution < -0.4 is 20.7 Å². The average molecular weight is 686 g/mol. The highest BCUT2D eigenvalue weighted by molar-refractivity contribution is 8.00. The molecule has 3 aromatic carbocycles. The first kappa shape index (κ1) is 33.8. The molecule has 0 radical (unpaired) electrons. The number of nitriles is 1. The summed E-state index contributed by atoms with van der Waals surface area (Å²) in [6.07, 6.45) is 0.114. The SMILES string of the molecule is COc1ccccc1NC(=S)Nc1cccc(SC(C(=O)Nc2sc3c(c2C#N)CCN(C(=O)OC(C)(C)C)C3)c2ccccc2)c1. The number of thiocarbonyl (C=S) groups is 1. The van der Waals surface area contributed by atoms with E-state index < -0.39 is 16.9 Å². The van der Waals surface area contributed by atoms with Crippen LogP contribution in [-0.2, 0) is 22.5 Å². The molecule has 9 nitrogen and oxygen atoms in total. The normalized spacial score (nSPS) is 13.0. The molecule has 1 aliphatic rings. The van der Waals surface area contributed by atoms with Crippen LogP contribution in [0.15, 0.2) is 83.8 Å². The summed E-state index contributed by atoms with van der Waals surface area (Å²) in [7, 11) is 1.60. The Morgan fingerprint density at radius 3 is 2.49 bits per heavy atom. The molecule has 0 saturated carbocycles. The lowest BCUT2D eigenvalue weighted by Crippen LogP contribution is -2.39. The number of amides is 2. The number of fused-ring (bicyclic) bond motifs is 1. The number of para-hydroxylation sites is 2. The van der Waals surface area contributed by atoms with Crippen molar-refractivity contribution in [3.05, 3.63) is 100 Å². The number of carbonyl (C=O) groups excluding carboxylic acids is 2. The van der Waals surface area contributed by atoms with Gasteiger partial charge >= 0.3 is 6.09 Å². The number of hydrogen-bond donors (Lipinski definition) is 3. The summed E-state index contributed by atoms with van der Waals surface area (Å²) in [6, 6.07) is 27.0. The van der Waals surface area contributed by atoms with Crippen molar-refractivity contribution in [2.24, 2.45) is 0 Å². The molecule has 1 atom stereocenters. The zero-order chi connectivity index (χ0) is 33.6. The first-order valence-electron chi connectivity index (χ1n) is 14.9. The third-order valence-electron chi connectivity index (χ3n) is 7.10. The summed E-state index contributed by atoms with van der Waals surface area (Å²) in [4.78, 5) is 30.1.